The summed E-state index contributed by atoms with van der Waals surface area (Å²) in [5.74, 6) is -0.690. The van der Waals surface area contributed by atoms with Crippen LogP contribution in [0.2, 0.25) is 0 Å². The van der Waals surface area contributed by atoms with E-state index in [1.54, 1.807) is 30.9 Å². The first-order valence-corrected chi connectivity index (χ1v) is 10.6. The standard InChI is InChI=1S/C24H27N3O4/c1-16-19(17(2)26-23(29)20(16)15-25)11-12-21(28)31-22(18-9-5-3-6-10-18)24(30)27-13-7-4-8-14-27/h3,5-6,9-10,22H,4,7-8,11-14H2,1-2H3,(H,26,29)/t22-/m1/s1. The molecule has 7 heteroatoms. The number of benzene rings is 1. The predicted molar refractivity (Wildman–Crippen MR) is 115 cm³/mol. The fraction of sp³-hybridized carbons (Fsp3) is 0.417. The summed E-state index contributed by atoms with van der Waals surface area (Å²) in [5.41, 5.74) is 2.21. The first-order valence-electron chi connectivity index (χ1n) is 10.6. The largest absolute Gasteiger partial charge is 0.447 e. The number of esters is 1. The number of aromatic nitrogens is 1. The summed E-state index contributed by atoms with van der Waals surface area (Å²) in [5, 5.41) is 9.22. The van der Waals surface area contributed by atoms with Gasteiger partial charge in [-0.05, 0) is 50.7 Å². The molecule has 31 heavy (non-hydrogen) atoms. The van der Waals surface area contributed by atoms with E-state index >= 15 is 0 Å². The molecule has 0 spiro atoms. The van der Waals surface area contributed by atoms with Gasteiger partial charge in [0.2, 0.25) is 6.10 Å². The highest BCUT2D eigenvalue weighted by molar-refractivity contribution is 5.85. The van der Waals surface area contributed by atoms with Gasteiger partial charge in [0.1, 0.15) is 11.6 Å². The number of nitrogens with one attached hydrogen (secondary N) is 1. The maximum Gasteiger partial charge on any atom is 0.307 e. The Bertz CT molecular complexity index is 1050. The van der Waals surface area contributed by atoms with Gasteiger partial charge in [-0.2, -0.15) is 5.26 Å². The molecule has 1 aromatic carbocycles. The van der Waals surface area contributed by atoms with Crippen molar-refractivity contribution in [1.29, 1.82) is 5.26 Å². The van der Waals surface area contributed by atoms with Gasteiger partial charge in [0.25, 0.3) is 11.5 Å². The lowest BCUT2D eigenvalue weighted by Crippen LogP contribution is -2.40. The van der Waals surface area contributed by atoms with Crippen molar-refractivity contribution in [3.8, 4) is 6.07 Å². The first-order chi connectivity index (χ1) is 14.9. The van der Waals surface area contributed by atoms with E-state index in [-0.39, 0.29) is 17.9 Å². The second kappa shape index (κ2) is 10.1. The number of aromatic amines is 1. The minimum atomic E-state index is -0.973. The summed E-state index contributed by atoms with van der Waals surface area (Å²) >= 11 is 0. The molecule has 1 amide bonds. The number of H-pyrrole nitrogens is 1. The van der Waals surface area contributed by atoms with Crippen molar-refractivity contribution in [3.05, 3.63) is 68.6 Å². The molecule has 1 N–H and O–H groups in total. The Morgan fingerprint density at radius 2 is 1.84 bits per heavy atom. The number of carbonyl (C=O) groups excluding carboxylic acids is 2. The van der Waals surface area contributed by atoms with Gasteiger partial charge in [-0.25, -0.2) is 0 Å². The predicted octanol–water partition coefficient (Wildman–Crippen LogP) is 3.09. The van der Waals surface area contributed by atoms with E-state index in [2.05, 4.69) is 4.98 Å². The summed E-state index contributed by atoms with van der Waals surface area (Å²) in [7, 11) is 0. The molecule has 2 aromatic rings. The van der Waals surface area contributed by atoms with Gasteiger partial charge in [-0.1, -0.05) is 30.3 Å². The minimum absolute atomic E-state index is 0.0369. The van der Waals surface area contributed by atoms with E-state index < -0.39 is 17.6 Å². The molecule has 162 valence electrons. The second-order valence-corrected chi connectivity index (χ2v) is 7.84. The smallest absolute Gasteiger partial charge is 0.307 e. The number of amides is 1. The zero-order valence-corrected chi connectivity index (χ0v) is 17.9. The molecule has 1 aliphatic heterocycles. The van der Waals surface area contributed by atoms with Crippen LogP contribution in [0.3, 0.4) is 0 Å². The summed E-state index contributed by atoms with van der Waals surface area (Å²) in [6.07, 6.45) is 2.37. The van der Waals surface area contributed by atoms with Gasteiger partial charge < -0.3 is 14.6 Å². The molecule has 0 radical (unpaired) electrons. The molecule has 1 atom stereocenters. The van der Waals surface area contributed by atoms with Crippen LogP contribution in [0.1, 0.15) is 59.7 Å². The third-order valence-corrected chi connectivity index (χ3v) is 5.74. The molecule has 2 heterocycles. The summed E-state index contributed by atoms with van der Waals surface area (Å²) in [6, 6.07) is 11.0. The van der Waals surface area contributed by atoms with Crippen LogP contribution < -0.4 is 5.56 Å². The van der Waals surface area contributed by atoms with E-state index in [0.717, 1.165) is 24.8 Å². The Kier molecular flexibility index (Phi) is 7.24. The van der Waals surface area contributed by atoms with E-state index in [9.17, 15) is 19.6 Å². The Labute approximate surface area is 181 Å². The minimum Gasteiger partial charge on any atom is -0.447 e. The molecule has 1 aliphatic rings. The lowest BCUT2D eigenvalue weighted by molar-refractivity contribution is -0.161. The molecule has 0 aliphatic carbocycles. The van der Waals surface area contributed by atoms with Crippen LogP contribution >= 0.6 is 0 Å². The van der Waals surface area contributed by atoms with Gasteiger partial charge in [-0.3, -0.25) is 14.4 Å². The van der Waals surface area contributed by atoms with Crippen molar-refractivity contribution in [2.75, 3.05) is 13.1 Å². The highest BCUT2D eigenvalue weighted by Gasteiger charge is 2.30. The Balaban J connectivity index is 1.75. The van der Waals surface area contributed by atoms with Gasteiger partial charge in [0.05, 0.1) is 0 Å². The van der Waals surface area contributed by atoms with E-state index in [1.165, 1.54) is 0 Å². The average Bonchev–Trinajstić information content (AvgIpc) is 2.78. The van der Waals surface area contributed by atoms with Crippen molar-refractivity contribution >= 4 is 11.9 Å². The maximum absolute atomic E-state index is 13.1. The molecule has 7 nitrogen and oxygen atoms in total. The van der Waals surface area contributed by atoms with Crippen molar-refractivity contribution in [3.63, 3.8) is 0 Å². The Morgan fingerprint density at radius 1 is 1.16 bits per heavy atom. The molecule has 1 aromatic heterocycles. The third kappa shape index (κ3) is 5.21. The number of carbonyl (C=O) groups is 2. The summed E-state index contributed by atoms with van der Waals surface area (Å²) in [4.78, 5) is 42.1. The number of likely N-dealkylation sites (tertiary alicyclic amines) is 1. The van der Waals surface area contributed by atoms with Crippen LogP contribution in [0, 0.1) is 25.2 Å². The van der Waals surface area contributed by atoms with Crippen LogP contribution in [0.25, 0.3) is 0 Å². The number of rotatable bonds is 6. The van der Waals surface area contributed by atoms with Crippen LogP contribution in [-0.2, 0) is 20.7 Å². The van der Waals surface area contributed by atoms with E-state index in [1.807, 2.05) is 24.3 Å². The lowest BCUT2D eigenvalue weighted by atomic mass is 9.99. The number of aryl methyl sites for hydroxylation is 1. The number of pyridine rings is 1. The van der Waals surface area contributed by atoms with E-state index in [4.69, 9.17) is 4.74 Å². The highest BCUT2D eigenvalue weighted by Crippen LogP contribution is 2.24. The number of nitrogens with zero attached hydrogens (tertiary/aromatic N) is 2. The molecular weight excluding hydrogens is 394 g/mol. The first kappa shape index (κ1) is 22.3. The normalized spacial score (nSPS) is 14.5. The average molecular weight is 421 g/mol. The fourth-order valence-electron chi connectivity index (χ4n) is 4.01. The van der Waals surface area contributed by atoms with E-state index in [0.29, 0.717) is 36.3 Å². The number of ether oxygens (including phenoxy) is 1. The number of hydrogen-bond acceptors (Lipinski definition) is 5. The lowest BCUT2D eigenvalue weighted by Gasteiger charge is -2.30. The zero-order valence-electron chi connectivity index (χ0n) is 17.9. The molecule has 0 saturated carbocycles. The van der Waals surface area contributed by atoms with Crippen molar-refractivity contribution in [2.45, 2.75) is 52.1 Å². The van der Waals surface area contributed by atoms with Crippen LogP contribution in [0.15, 0.2) is 35.1 Å². The second-order valence-electron chi connectivity index (χ2n) is 7.84. The topological polar surface area (TPSA) is 103 Å². The summed E-state index contributed by atoms with van der Waals surface area (Å²) < 4.78 is 5.67. The van der Waals surface area contributed by atoms with Crippen molar-refractivity contribution in [1.82, 2.24) is 9.88 Å². The number of nitriles is 1. The maximum atomic E-state index is 13.1. The van der Waals surface area contributed by atoms with Gasteiger partial charge in [0.15, 0.2) is 0 Å². The van der Waals surface area contributed by atoms with Gasteiger partial charge >= 0.3 is 5.97 Å². The van der Waals surface area contributed by atoms with Gasteiger partial charge in [-0.15, -0.1) is 0 Å². The monoisotopic (exact) mass is 421 g/mol. The number of piperidine rings is 1. The third-order valence-electron chi connectivity index (χ3n) is 5.74. The van der Waals surface area contributed by atoms with Crippen LogP contribution in [0.5, 0.6) is 0 Å². The molecule has 1 saturated heterocycles. The molecule has 0 bridgehead atoms. The Morgan fingerprint density at radius 3 is 2.48 bits per heavy atom. The zero-order chi connectivity index (χ0) is 22.4. The fourth-order valence-corrected chi connectivity index (χ4v) is 4.01. The molecule has 0 unspecified atom stereocenters. The van der Waals surface area contributed by atoms with Crippen molar-refractivity contribution in [2.24, 2.45) is 0 Å². The molecule has 3 rings (SSSR count). The van der Waals surface area contributed by atoms with Gasteiger partial charge in [0, 0.05) is 30.8 Å². The highest BCUT2D eigenvalue weighted by atomic mass is 16.5. The van der Waals surface area contributed by atoms with Crippen LogP contribution in [0.4, 0.5) is 0 Å². The van der Waals surface area contributed by atoms with Crippen molar-refractivity contribution < 1.29 is 14.3 Å². The number of hydrogen-bond donors (Lipinski definition) is 1. The quantitative estimate of drug-likeness (QED) is 0.722. The molecular formula is C24H27N3O4. The SMILES string of the molecule is Cc1[nH]c(=O)c(C#N)c(C)c1CCC(=O)O[C@@H](C(=O)N1CCCCC1)c1ccccc1. The summed E-state index contributed by atoms with van der Waals surface area (Å²) in [6.45, 7) is 4.79. The Hall–Kier alpha value is -3.40. The molecule has 1 fully saturated rings. The van der Waals surface area contributed by atoms with Crippen LogP contribution in [-0.4, -0.2) is 34.8 Å².